The number of hydrazine groups is 1. The molecular weight excluding hydrogens is 480 g/mol. The number of hydrogen-bond acceptors (Lipinski definition) is 7. The molecule has 1 saturated carbocycles. The zero-order chi connectivity index (χ0) is 25.0. The van der Waals surface area contributed by atoms with Crippen molar-refractivity contribution in [3.8, 4) is 0 Å². The third-order valence-corrected chi connectivity index (χ3v) is 10.8. The van der Waals surface area contributed by atoms with Crippen molar-refractivity contribution < 1.29 is 0 Å². The summed E-state index contributed by atoms with van der Waals surface area (Å²) in [5.41, 5.74) is 3.55. The summed E-state index contributed by atoms with van der Waals surface area (Å²) >= 11 is 5.74. The van der Waals surface area contributed by atoms with Crippen molar-refractivity contribution in [2.45, 2.75) is 88.5 Å². The van der Waals surface area contributed by atoms with Crippen molar-refractivity contribution >= 4 is 17.3 Å². The van der Waals surface area contributed by atoms with Gasteiger partial charge in [-0.3, -0.25) is 15.2 Å². The average Bonchev–Trinajstić information content (AvgIpc) is 3.49. The van der Waals surface area contributed by atoms with Gasteiger partial charge in [0.25, 0.3) is 0 Å². The van der Waals surface area contributed by atoms with E-state index in [1.807, 2.05) is 0 Å². The van der Waals surface area contributed by atoms with Crippen molar-refractivity contribution in [1.82, 2.24) is 41.1 Å². The molecular formula is C28H52N8S. The molecule has 0 aromatic carbocycles. The summed E-state index contributed by atoms with van der Waals surface area (Å²) in [5, 5.41) is 14.4. The van der Waals surface area contributed by atoms with Gasteiger partial charge in [-0.15, -0.1) is 0 Å². The molecule has 2 bridgehead atoms. The van der Waals surface area contributed by atoms with Crippen LogP contribution in [0.25, 0.3) is 0 Å². The zero-order valence-corrected chi connectivity index (χ0v) is 23.8. The fourth-order valence-corrected chi connectivity index (χ4v) is 8.49. The summed E-state index contributed by atoms with van der Waals surface area (Å²) in [4.78, 5) is 8.25. The lowest BCUT2D eigenvalue weighted by atomic mass is 9.75. The van der Waals surface area contributed by atoms with Gasteiger partial charge in [0.1, 0.15) is 0 Å². The van der Waals surface area contributed by atoms with Gasteiger partial charge in [-0.1, -0.05) is 0 Å². The maximum atomic E-state index is 5.74. The molecule has 1 aliphatic carbocycles. The van der Waals surface area contributed by atoms with Crippen LogP contribution >= 0.6 is 12.2 Å². The number of thiocarbonyl (C=S) groups is 1. The molecule has 6 aliphatic heterocycles. The van der Waals surface area contributed by atoms with Crippen LogP contribution in [-0.2, 0) is 0 Å². The molecule has 37 heavy (non-hydrogen) atoms. The minimum absolute atomic E-state index is 0.542. The summed E-state index contributed by atoms with van der Waals surface area (Å²) in [7, 11) is 0. The van der Waals surface area contributed by atoms with Crippen LogP contribution in [-0.4, -0.2) is 121 Å². The number of rotatable bonds is 7. The van der Waals surface area contributed by atoms with Crippen LogP contribution in [0.5, 0.6) is 0 Å². The van der Waals surface area contributed by atoms with E-state index in [4.69, 9.17) is 12.2 Å². The Hall–Kier alpha value is -0.550. The smallest absolute Gasteiger partial charge is 0.166 e. The Morgan fingerprint density at radius 3 is 2.41 bits per heavy atom. The number of piperazine rings is 1. The molecule has 0 aromatic rings. The molecule has 7 aliphatic rings. The van der Waals surface area contributed by atoms with Gasteiger partial charge in [0, 0.05) is 77.0 Å². The quantitative estimate of drug-likeness (QED) is 0.365. The number of nitrogens with one attached hydrogen (secondary N) is 4. The van der Waals surface area contributed by atoms with Crippen LogP contribution in [0.3, 0.4) is 0 Å². The fourth-order valence-electron chi connectivity index (χ4n) is 8.24. The highest BCUT2D eigenvalue weighted by Gasteiger charge is 2.41. The van der Waals surface area contributed by atoms with E-state index < -0.39 is 0 Å². The maximum absolute atomic E-state index is 5.74. The molecule has 7 fully saturated rings. The van der Waals surface area contributed by atoms with Gasteiger partial charge in [-0.25, -0.2) is 5.01 Å². The van der Waals surface area contributed by atoms with Gasteiger partial charge in [-0.05, 0) is 101 Å². The van der Waals surface area contributed by atoms with E-state index in [1.54, 1.807) is 0 Å². The molecule has 4 N–H and O–H groups in total. The Morgan fingerprint density at radius 2 is 1.70 bits per heavy atom. The molecule has 6 saturated heterocycles. The number of piperidine rings is 4. The van der Waals surface area contributed by atoms with Crippen molar-refractivity contribution in [1.29, 1.82) is 0 Å². The lowest BCUT2D eigenvalue weighted by molar-refractivity contribution is -0.0201. The molecule has 9 heteroatoms. The van der Waals surface area contributed by atoms with Gasteiger partial charge in [0.05, 0.1) is 6.17 Å². The maximum Gasteiger partial charge on any atom is 0.166 e. The molecule has 5 atom stereocenters. The third-order valence-electron chi connectivity index (χ3n) is 10.5. The molecule has 6 heterocycles. The van der Waals surface area contributed by atoms with Gasteiger partial charge in [0.2, 0.25) is 0 Å². The van der Waals surface area contributed by atoms with Gasteiger partial charge in [-0.2, -0.15) is 0 Å². The van der Waals surface area contributed by atoms with Crippen LogP contribution in [0.2, 0.25) is 0 Å². The average molecular weight is 533 g/mol. The first-order valence-electron chi connectivity index (χ1n) is 15.7. The van der Waals surface area contributed by atoms with E-state index in [0.717, 1.165) is 36.1 Å². The summed E-state index contributed by atoms with van der Waals surface area (Å²) < 4.78 is 0. The summed E-state index contributed by atoms with van der Waals surface area (Å²) in [6.45, 7) is 13.5. The Kier molecular flexibility index (Phi) is 9.19. The van der Waals surface area contributed by atoms with Crippen molar-refractivity contribution in [3.05, 3.63) is 0 Å². The van der Waals surface area contributed by atoms with E-state index in [0.29, 0.717) is 18.2 Å². The Bertz CT molecular complexity index is 726. The van der Waals surface area contributed by atoms with E-state index in [9.17, 15) is 0 Å². The Labute approximate surface area is 230 Å². The van der Waals surface area contributed by atoms with Crippen LogP contribution < -0.4 is 21.4 Å². The second-order valence-electron chi connectivity index (χ2n) is 12.8. The first-order chi connectivity index (χ1) is 18.2. The van der Waals surface area contributed by atoms with Gasteiger partial charge < -0.3 is 20.9 Å². The highest BCUT2D eigenvalue weighted by Crippen LogP contribution is 2.36. The number of fused-ring (bicyclic) bond motifs is 3. The predicted octanol–water partition coefficient (Wildman–Crippen LogP) is 1.40. The van der Waals surface area contributed by atoms with E-state index in [2.05, 4.69) is 41.1 Å². The molecule has 0 spiro atoms. The van der Waals surface area contributed by atoms with Crippen LogP contribution in [0, 0.1) is 11.8 Å². The van der Waals surface area contributed by atoms with E-state index in [1.165, 1.54) is 123 Å². The van der Waals surface area contributed by atoms with Crippen molar-refractivity contribution in [2.24, 2.45) is 11.8 Å². The monoisotopic (exact) mass is 532 g/mol. The van der Waals surface area contributed by atoms with Crippen molar-refractivity contribution in [3.63, 3.8) is 0 Å². The molecule has 210 valence electrons. The minimum atomic E-state index is 0.542. The molecule has 0 radical (unpaired) electrons. The largest absolute Gasteiger partial charge is 0.361 e. The summed E-state index contributed by atoms with van der Waals surface area (Å²) in [6, 6.07) is 1.92. The Morgan fingerprint density at radius 1 is 0.838 bits per heavy atom. The Balaban J connectivity index is 0.879. The molecule has 5 unspecified atom stereocenters. The molecule has 0 amide bonds. The van der Waals surface area contributed by atoms with Crippen LogP contribution in [0.4, 0.5) is 0 Å². The number of nitrogens with zero attached hydrogens (tertiary/aromatic N) is 4. The highest BCUT2D eigenvalue weighted by atomic mass is 32.1. The first kappa shape index (κ1) is 26.7. The van der Waals surface area contributed by atoms with Gasteiger partial charge in [0.15, 0.2) is 5.11 Å². The minimum Gasteiger partial charge on any atom is -0.361 e. The predicted molar refractivity (Wildman–Crippen MR) is 154 cm³/mol. The second-order valence-corrected chi connectivity index (χ2v) is 13.2. The van der Waals surface area contributed by atoms with E-state index >= 15 is 0 Å². The fraction of sp³-hybridized carbons (Fsp3) is 0.964. The summed E-state index contributed by atoms with van der Waals surface area (Å²) in [5.74, 6) is 1.75. The SMILES string of the molecule is S=C(NCC1CC2CCN1CC2CN1CCN(C2CCCCN2)CC1)NC1CCC(N2CCCN2)CC1. The van der Waals surface area contributed by atoms with Crippen molar-refractivity contribution in [2.75, 3.05) is 72.0 Å². The lowest BCUT2D eigenvalue weighted by Gasteiger charge is -2.51. The highest BCUT2D eigenvalue weighted by molar-refractivity contribution is 7.80. The molecule has 0 aromatic heterocycles. The normalized spacial score (nSPS) is 40.1. The number of hydrogen-bond donors (Lipinski definition) is 4. The molecule has 7 rings (SSSR count). The first-order valence-corrected chi connectivity index (χ1v) is 16.1. The van der Waals surface area contributed by atoms with E-state index in [-0.39, 0.29) is 0 Å². The lowest BCUT2D eigenvalue weighted by Crippen LogP contribution is -2.60. The summed E-state index contributed by atoms with van der Waals surface area (Å²) in [6.07, 6.45) is 13.8. The standard InChI is InChI=1S/C28H52N8S/c37-28(32-24-5-7-25(8-6-24)36-12-3-11-31-36)30-19-26-18-22-9-13-35(26)21-23(22)20-33-14-16-34(17-15-33)27-4-1-2-10-29-27/h22-27,29,31H,1-21H2,(H2,30,32,37). The van der Waals surface area contributed by atoms with Gasteiger partial charge >= 0.3 is 0 Å². The zero-order valence-electron chi connectivity index (χ0n) is 23.0. The van der Waals surface area contributed by atoms with Crippen LogP contribution in [0.1, 0.15) is 64.2 Å². The third kappa shape index (κ3) is 6.79. The van der Waals surface area contributed by atoms with Crippen LogP contribution in [0.15, 0.2) is 0 Å². The topological polar surface area (TPSA) is 61.1 Å². The second kappa shape index (κ2) is 12.7. The molecule has 8 nitrogen and oxygen atoms in total.